The number of benzene rings is 1. The summed E-state index contributed by atoms with van der Waals surface area (Å²) in [6.45, 7) is 0.297. The molecule has 0 aliphatic carbocycles. The topological polar surface area (TPSA) is 26.3 Å². The highest BCUT2D eigenvalue weighted by atomic mass is 127. The monoisotopic (exact) mass is 358 g/mol. The summed E-state index contributed by atoms with van der Waals surface area (Å²) in [6.07, 6.45) is -3.39. The number of hydrogen-bond donors (Lipinski definition) is 0. The molecule has 6 heteroatoms. The number of halogens is 4. The Morgan fingerprint density at radius 3 is 2.65 bits per heavy atom. The lowest BCUT2D eigenvalue weighted by Gasteiger charge is -2.10. The lowest BCUT2D eigenvalue weighted by atomic mass is 10.1. The minimum Gasteiger partial charge on any atom is -0.376 e. The Hall–Kier alpha value is -0.630. The van der Waals surface area contributed by atoms with E-state index in [0.717, 1.165) is 12.1 Å². The first kappa shape index (κ1) is 14.4. The Balaban J connectivity index is 2.73. The van der Waals surface area contributed by atoms with Crippen LogP contribution in [-0.4, -0.2) is 12.9 Å². The van der Waals surface area contributed by atoms with Crippen molar-refractivity contribution < 1.29 is 22.7 Å². The molecule has 0 spiro atoms. The zero-order chi connectivity index (χ0) is 12.9. The Labute approximate surface area is 110 Å². The zero-order valence-electron chi connectivity index (χ0n) is 8.76. The standard InChI is InChI=1S/C11H10F3IO2/c12-11(13,14)9-2-3-10(15)8(6-9)7-17-5-1-4-16/h2-4,6H,1,5,7H2. The minimum absolute atomic E-state index is 0.0794. The minimum atomic E-state index is -4.35. The van der Waals surface area contributed by atoms with E-state index in [9.17, 15) is 18.0 Å². The normalized spacial score (nSPS) is 11.5. The van der Waals surface area contributed by atoms with E-state index < -0.39 is 11.7 Å². The highest BCUT2D eigenvalue weighted by Gasteiger charge is 2.30. The van der Waals surface area contributed by atoms with Crippen LogP contribution in [0, 0.1) is 3.57 Å². The maximum atomic E-state index is 12.5. The van der Waals surface area contributed by atoms with E-state index in [1.165, 1.54) is 6.07 Å². The molecule has 0 heterocycles. The van der Waals surface area contributed by atoms with Crippen molar-refractivity contribution in [2.75, 3.05) is 6.61 Å². The number of rotatable bonds is 5. The van der Waals surface area contributed by atoms with E-state index in [2.05, 4.69) is 0 Å². The van der Waals surface area contributed by atoms with Crippen LogP contribution < -0.4 is 0 Å². The molecule has 0 radical (unpaired) electrons. The summed E-state index contributed by atoms with van der Waals surface area (Å²) in [4.78, 5) is 10.0. The largest absolute Gasteiger partial charge is 0.416 e. The van der Waals surface area contributed by atoms with E-state index in [1.54, 1.807) is 0 Å². The van der Waals surface area contributed by atoms with Gasteiger partial charge in [-0.25, -0.2) is 0 Å². The Morgan fingerprint density at radius 1 is 1.35 bits per heavy atom. The van der Waals surface area contributed by atoms with Crippen LogP contribution in [0.4, 0.5) is 13.2 Å². The summed E-state index contributed by atoms with van der Waals surface area (Å²) >= 11 is 1.95. The fourth-order valence-electron chi connectivity index (χ4n) is 1.18. The molecule has 1 aromatic rings. The zero-order valence-corrected chi connectivity index (χ0v) is 10.9. The summed E-state index contributed by atoms with van der Waals surface area (Å²) in [5.41, 5.74) is -0.210. The maximum absolute atomic E-state index is 12.5. The molecule has 0 fully saturated rings. The van der Waals surface area contributed by atoms with Crippen LogP contribution in [0.25, 0.3) is 0 Å². The average Bonchev–Trinajstić information content (AvgIpc) is 2.25. The molecule has 2 nitrogen and oxygen atoms in total. The van der Waals surface area contributed by atoms with Crippen molar-refractivity contribution in [1.82, 2.24) is 0 Å². The van der Waals surface area contributed by atoms with Crippen molar-refractivity contribution in [2.45, 2.75) is 19.2 Å². The first-order valence-corrected chi connectivity index (χ1v) is 5.90. The van der Waals surface area contributed by atoms with Gasteiger partial charge in [-0.15, -0.1) is 0 Å². The number of carbonyl (C=O) groups excluding carboxylic acids is 1. The third kappa shape index (κ3) is 4.63. The lowest BCUT2D eigenvalue weighted by Crippen LogP contribution is -2.07. The lowest BCUT2D eigenvalue weighted by molar-refractivity contribution is -0.137. The predicted octanol–water partition coefficient (Wildman–Crippen LogP) is 3.42. The molecule has 94 valence electrons. The van der Waals surface area contributed by atoms with Crippen LogP contribution in [-0.2, 0) is 22.3 Å². The molecule has 0 atom stereocenters. The number of aldehydes is 1. The summed E-state index contributed by atoms with van der Waals surface area (Å²) in [5.74, 6) is 0. The predicted molar refractivity (Wildman–Crippen MR) is 64.5 cm³/mol. The van der Waals surface area contributed by atoms with Crippen LogP contribution in [0.3, 0.4) is 0 Å². The van der Waals surface area contributed by atoms with Gasteiger partial charge in [0.25, 0.3) is 0 Å². The Bertz CT molecular complexity index is 391. The summed E-state index contributed by atoms with van der Waals surface area (Å²) in [6, 6.07) is 3.52. The molecule has 0 saturated heterocycles. The second-order valence-corrected chi connectivity index (χ2v) is 4.47. The van der Waals surface area contributed by atoms with Crippen molar-refractivity contribution in [3.05, 3.63) is 32.9 Å². The van der Waals surface area contributed by atoms with Crippen LogP contribution in [0.5, 0.6) is 0 Å². The van der Waals surface area contributed by atoms with Gasteiger partial charge in [0.05, 0.1) is 18.8 Å². The van der Waals surface area contributed by atoms with E-state index in [0.29, 0.717) is 15.4 Å². The van der Waals surface area contributed by atoms with E-state index in [1.807, 2.05) is 22.6 Å². The highest BCUT2D eigenvalue weighted by molar-refractivity contribution is 14.1. The van der Waals surface area contributed by atoms with Gasteiger partial charge in [-0.05, 0) is 46.4 Å². The van der Waals surface area contributed by atoms with Crippen molar-refractivity contribution in [1.29, 1.82) is 0 Å². The molecular formula is C11H10F3IO2. The maximum Gasteiger partial charge on any atom is 0.416 e. The highest BCUT2D eigenvalue weighted by Crippen LogP contribution is 2.31. The van der Waals surface area contributed by atoms with Gasteiger partial charge in [0.15, 0.2) is 0 Å². The number of hydrogen-bond acceptors (Lipinski definition) is 2. The third-order valence-electron chi connectivity index (χ3n) is 2.01. The van der Waals surface area contributed by atoms with Gasteiger partial charge in [-0.1, -0.05) is 0 Å². The molecule has 0 aliphatic heterocycles. The van der Waals surface area contributed by atoms with Gasteiger partial charge in [0, 0.05) is 9.99 Å². The van der Waals surface area contributed by atoms with Crippen LogP contribution >= 0.6 is 22.6 Å². The molecule has 0 N–H and O–H groups in total. The van der Waals surface area contributed by atoms with E-state index >= 15 is 0 Å². The SMILES string of the molecule is O=CCCOCc1cc(C(F)(F)F)ccc1I. The first-order chi connectivity index (χ1) is 7.95. The molecule has 0 amide bonds. The van der Waals surface area contributed by atoms with Gasteiger partial charge in [-0.3, -0.25) is 0 Å². The molecule has 1 aromatic carbocycles. The van der Waals surface area contributed by atoms with Crippen LogP contribution in [0.1, 0.15) is 17.5 Å². The van der Waals surface area contributed by atoms with E-state index in [4.69, 9.17) is 4.74 Å². The van der Waals surface area contributed by atoms with Crippen molar-refractivity contribution >= 4 is 28.9 Å². The van der Waals surface area contributed by atoms with Gasteiger partial charge < -0.3 is 9.53 Å². The van der Waals surface area contributed by atoms with Crippen molar-refractivity contribution in [2.24, 2.45) is 0 Å². The van der Waals surface area contributed by atoms with Crippen LogP contribution in [0.2, 0.25) is 0 Å². The van der Waals surface area contributed by atoms with Crippen molar-refractivity contribution in [3.8, 4) is 0 Å². The molecule has 0 aliphatic rings. The molecule has 0 bridgehead atoms. The fraction of sp³-hybridized carbons (Fsp3) is 0.364. The smallest absolute Gasteiger partial charge is 0.376 e. The van der Waals surface area contributed by atoms with Gasteiger partial charge >= 0.3 is 6.18 Å². The number of carbonyl (C=O) groups is 1. The second-order valence-electron chi connectivity index (χ2n) is 3.31. The Morgan fingerprint density at radius 2 is 2.06 bits per heavy atom. The summed E-state index contributed by atoms with van der Waals surface area (Å²) < 4.78 is 43.2. The molecule has 0 unspecified atom stereocenters. The van der Waals surface area contributed by atoms with Crippen molar-refractivity contribution in [3.63, 3.8) is 0 Å². The van der Waals surface area contributed by atoms with E-state index in [-0.39, 0.29) is 19.6 Å². The van der Waals surface area contributed by atoms with Crippen LogP contribution in [0.15, 0.2) is 18.2 Å². The quantitative estimate of drug-likeness (QED) is 0.458. The average molecular weight is 358 g/mol. The summed E-state index contributed by atoms with van der Waals surface area (Å²) in [7, 11) is 0. The fourth-order valence-corrected chi connectivity index (χ4v) is 1.67. The van der Waals surface area contributed by atoms with Gasteiger partial charge in [0.1, 0.15) is 6.29 Å². The molecular weight excluding hydrogens is 348 g/mol. The Kier molecular flexibility index (Phi) is 5.38. The first-order valence-electron chi connectivity index (χ1n) is 4.82. The third-order valence-corrected chi connectivity index (χ3v) is 3.06. The van der Waals surface area contributed by atoms with Gasteiger partial charge in [-0.2, -0.15) is 13.2 Å². The molecule has 1 rings (SSSR count). The summed E-state index contributed by atoms with van der Waals surface area (Å²) in [5, 5.41) is 0. The number of alkyl halides is 3. The van der Waals surface area contributed by atoms with Gasteiger partial charge in [0.2, 0.25) is 0 Å². The second kappa shape index (κ2) is 6.34. The molecule has 0 saturated carbocycles. The molecule has 0 aromatic heterocycles. The number of ether oxygens (including phenoxy) is 1. The molecule has 17 heavy (non-hydrogen) atoms.